The van der Waals surface area contributed by atoms with Crippen molar-refractivity contribution in [2.45, 2.75) is 38.1 Å². The third kappa shape index (κ3) is 3.84. The average Bonchev–Trinajstić information content (AvgIpc) is 2.18. The second kappa shape index (κ2) is 6.86. The first-order valence-electron chi connectivity index (χ1n) is 5.75. The lowest BCUT2D eigenvalue weighted by atomic mass is 9.98. The van der Waals surface area contributed by atoms with Crippen LogP contribution in [0.25, 0.3) is 0 Å². The normalized spacial score (nSPS) is 22.3. The van der Waals surface area contributed by atoms with Crippen LogP contribution in [0.2, 0.25) is 0 Å². The van der Waals surface area contributed by atoms with E-state index in [0.717, 1.165) is 0 Å². The molecule has 84 valence electrons. The highest BCUT2D eigenvalue weighted by Gasteiger charge is 2.11. The van der Waals surface area contributed by atoms with Gasteiger partial charge in [0.05, 0.1) is 0 Å². The van der Waals surface area contributed by atoms with Gasteiger partial charge in [-0.15, -0.1) is 12.4 Å². The van der Waals surface area contributed by atoms with E-state index < -0.39 is 0 Å². The van der Waals surface area contributed by atoms with Crippen molar-refractivity contribution in [3.05, 3.63) is 35.9 Å². The zero-order valence-electron chi connectivity index (χ0n) is 9.11. The van der Waals surface area contributed by atoms with Crippen LogP contribution in [-0.4, -0.2) is 6.54 Å². The summed E-state index contributed by atoms with van der Waals surface area (Å²) in [7, 11) is 0. The lowest BCUT2D eigenvalue weighted by Gasteiger charge is -2.21. The fourth-order valence-electron chi connectivity index (χ4n) is 2.18. The fourth-order valence-corrected chi connectivity index (χ4v) is 2.18. The van der Waals surface area contributed by atoms with E-state index >= 15 is 0 Å². The van der Waals surface area contributed by atoms with Gasteiger partial charge in [-0.05, 0) is 24.9 Å². The Morgan fingerprint density at radius 3 is 2.47 bits per heavy atom. The summed E-state index contributed by atoms with van der Waals surface area (Å²) in [5, 5.41) is 3.64. The standard InChI is InChI=1S/C13H19N.ClH/c1-2-7-11-14-13(10-6-1)12-8-4-3-5-9-12;/h3-5,8-9,13-14H,1-2,6-7,10-11H2;1H. The summed E-state index contributed by atoms with van der Waals surface area (Å²) in [5.41, 5.74) is 1.45. The first-order chi connectivity index (χ1) is 6.97. The molecule has 1 atom stereocenters. The predicted molar refractivity (Wildman–Crippen MR) is 67.5 cm³/mol. The minimum absolute atomic E-state index is 0. The Balaban J connectivity index is 0.00000112. The van der Waals surface area contributed by atoms with E-state index in [0.29, 0.717) is 6.04 Å². The maximum atomic E-state index is 3.64. The summed E-state index contributed by atoms with van der Waals surface area (Å²) in [5.74, 6) is 0. The summed E-state index contributed by atoms with van der Waals surface area (Å²) < 4.78 is 0. The van der Waals surface area contributed by atoms with E-state index in [4.69, 9.17) is 0 Å². The molecule has 0 amide bonds. The molecule has 1 nitrogen and oxygen atoms in total. The van der Waals surface area contributed by atoms with Crippen LogP contribution in [0.4, 0.5) is 0 Å². The molecule has 0 bridgehead atoms. The van der Waals surface area contributed by atoms with E-state index in [2.05, 4.69) is 35.6 Å². The third-order valence-electron chi connectivity index (χ3n) is 3.01. The Labute approximate surface area is 98.7 Å². The van der Waals surface area contributed by atoms with Gasteiger partial charge in [0.25, 0.3) is 0 Å². The van der Waals surface area contributed by atoms with Crippen LogP contribution in [0.3, 0.4) is 0 Å². The lowest BCUT2D eigenvalue weighted by Crippen LogP contribution is -2.23. The lowest BCUT2D eigenvalue weighted by molar-refractivity contribution is 0.427. The van der Waals surface area contributed by atoms with Crippen LogP contribution in [0, 0.1) is 0 Å². The molecule has 2 rings (SSSR count). The van der Waals surface area contributed by atoms with Gasteiger partial charge < -0.3 is 5.32 Å². The number of benzene rings is 1. The topological polar surface area (TPSA) is 12.0 Å². The van der Waals surface area contributed by atoms with Crippen molar-refractivity contribution in [2.75, 3.05) is 6.54 Å². The Bertz CT molecular complexity index is 252. The van der Waals surface area contributed by atoms with Crippen LogP contribution >= 0.6 is 12.4 Å². The van der Waals surface area contributed by atoms with E-state index in [-0.39, 0.29) is 12.4 Å². The number of hydrogen-bond acceptors (Lipinski definition) is 1. The highest BCUT2D eigenvalue weighted by atomic mass is 35.5. The van der Waals surface area contributed by atoms with Gasteiger partial charge >= 0.3 is 0 Å². The average molecular weight is 226 g/mol. The van der Waals surface area contributed by atoms with Gasteiger partial charge in [-0.25, -0.2) is 0 Å². The van der Waals surface area contributed by atoms with Gasteiger partial charge in [0.2, 0.25) is 0 Å². The molecule has 2 heteroatoms. The Hall–Kier alpha value is -0.530. The van der Waals surface area contributed by atoms with Gasteiger partial charge in [-0.3, -0.25) is 0 Å². The first kappa shape index (κ1) is 12.5. The quantitative estimate of drug-likeness (QED) is 0.769. The van der Waals surface area contributed by atoms with Crippen molar-refractivity contribution in [2.24, 2.45) is 0 Å². The molecule has 1 saturated heterocycles. The predicted octanol–water partition coefficient (Wildman–Crippen LogP) is 3.70. The number of nitrogens with one attached hydrogen (secondary N) is 1. The monoisotopic (exact) mass is 225 g/mol. The summed E-state index contributed by atoms with van der Waals surface area (Å²) in [6.07, 6.45) is 6.80. The van der Waals surface area contributed by atoms with Crippen molar-refractivity contribution in [3.8, 4) is 0 Å². The summed E-state index contributed by atoms with van der Waals surface area (Å²) >= 11 is 0. The van der Waals surface area contributed by atoms with Crippen molar-refractivity contribution in [1.82, 2.24) is 5.32 Å². The van der Waals surface area contributed by atoms with Gasteiger partial charge in [0, 0.05) is 6.04 Å². The second-order valence-corrected chi connectivity index (χ2v) is 4.12. The molecular weight excluding hydrogens is 206 g/mol. The highest BCUT2D eigenvalue weighted by Crippen LogP contribution is 2.21. The molecule has 1 unspecified atom stereocenters. The zero-order chi connectivity index (χ0) is 9.64. The molecular formula is C13H20ClN. The highest BCUT2D eigenvalue weighted by molar-refractivity contribution is 5.85. The molecule has 1 aromatic rings. The van der Waals surface area contributed by atoms with Crippen molar-refractivity contribution < 1.29 is 0 Å². The van der Waals surface area contributed by atoms with Gasteiger partial charge in [-0.2, -0.15) is 0 Å². The Kier molecular flexibility index (Phi) is 5.74. The summed E-state index contributed by atoms with van der Waals surface area (Å²) in [4.78, 5) is 0. The molecule has 1 aliphatic heterocycles. The zero-order valence-corrected chi connectivity index (χ0v) is 9.93. The first-order valence-corrected chi connectivity index (χ1v) is 5.75. The van der Waals surface area contributed by atoms with Crippen molar-refractivity contribution in [3.63, 3.8) is 0 Å². The van der Waals surface area contributed by atoms with Gasteiger partial charge in [-0.1, -0.05) is 49.6 Å². The molecule has 0 spiro atoms. The molecule has 0 aliphatic carbocycles. The maximum Gasteiger partial charge on any atom is 0.0320 e. The molecule has 15 heavy (non-hydrogen) atoms. The fraction of sp³-hybridized carbons (Fsp3) is 0.538. The van der Waals surface area contributed by atoms with Gasteiger partial charge in [0.1, 0.15) is 0 Å². The van der Waals surface area contributed by atoms with Crippen LogP contribution in [0.1, 0.15) is 43.7 Å². The van der Waals surface area contributed by atoms with Crippen molar-refractivity contribution >= 4 is 12.4 Å². The van der Waals surface area contributed by atoms with Crippen LogP contribution < -0.4 is 5.32 Å². The molecule has 1 aromatic carbocycles. The van der Waals surface area contributed by atoms with E-state index in [1.807, 2.05) is 0 Å². The molecule has 1 N–H and O–H groups in total. The molecule has 0 saturated carbocycles. The summed E-state index contributed by atoms with van der Waals surface area (Å²) in [6, 6.07) is 11.4. The van der Waals surface area contributed by atoms with Crippen LogP contribution in [0.5, 0.6) is 0 Å². The number of rotatable bonds is 1. The van der Waals surface area contributed by atoms with Gasteiger partial charge in [0.15, 0.2) is 0 Å². The smallest absolute Gasteiger partial charge is 0.0320 e. The summed E-state index contributed by atoms with van der Waals surface area (Å²) in [6.45, 7) is 1.18. The molecule has 1 heterocycles. The number of hydrogen-bond donors (Lipinski definition) is 1. The van der Waals surface area contributed by atoms with E-state index in [1.165, 1.54) is 44.2 Å². The second-order valence-electron chi connectivity index (χ2n) is 4.12. The minimum atomic E-state index is 0. The Morgan fingerprint density at radius 2 is 1.67 bits per heavy atom. The molecule has 0 aromatic heterocycles. The molecule has 1 aliphatic rings. The van der Waals surface area contributed by atoms with Crippen molar-refractivity contribution in [1.29, 1.82) is 0 Å². The third-order valence-corrected chi connectivity index (χ3v) is 3.01. The minimum Gasteiger partial charge on any atom is -0.310 e. The SMILES string of the molecule is Cl.c1ccc(C2CCCCCCN2)cc1. The van der Waals surface area contributed by atoms with Crippen LogP contribution in [-0.2, 0) is 0 Å². The largest absolute Gasteiger partial charge is 0.310 e. The number of halogens is 1. The molecule has 1 fully saturated rings. The molecule has 0 radical (unpaired) electrons. The maximum absolute atomic E-state index is 3.64. The van der Waals surface area contributed by atoms with Crippen LogP contribution in [0.15, 0.2) is 30.3 Å². The van der Waals surface area contributed by atoms with E-state index in [9.17, 15) is 0 Å². The van der Waals surface area contributed by atoms with E-state index in [1.54, 1.807) is 0 Å². The Morgan fingerprint density at radius 1 is 0.933 bits per heavy atom.